The number of hydrogen-bond donors (Lipinski definition) is 4. The third-order valence-corrected chi connectivity index (χ3v) is 2.80. The lowest BCUT2D eigenvalue weighted by Crippen LogP contribution is -2.17. The average Bonchev–Trinajstić information content (AvgIpc) is 2.43. The van der Waals surface area contributed by atoms with Crippen molar-refractivity contribution in [1.82, 2.24) is 5.43 Å². The monoisotopic (exact) mass is 306 g/mol. The molecule has 21 heavy (non-hydrogen) atoms. The maximum atomic E-state index is 11.8. The van der Waals surface area contributed by atoms with Gasteiger partial charge in [0.05, 0.1) is 11.8 Å². The fraction of sp³-hybridized carbons (Fsp3) is 0. The zero-order valence-corrected chi connectivity index (χ0v) is 11.4. The zero-order valence-electron chi connectivity index (χ0n) is 10.6. The molecule has 6 nitrogen and oxygen atoms in total. The normalized spacial score (nSPS) is 10.7. The summed E-state index contributed by atoms with van der Waals surface area (Å²) in [7, 11) is 0. The van der Waals surface area contributed by atoms with Crippen molar-refractivity contribution in [2.75, 3.05) is 0 Å². The van der Waals surface area contributed by atoms with E-state index in [-0.39, 0.29) is 5.56 Å². The molecule has 1 amide bonds. The van der Waals surface area contributed by atoms with Crippen molar-refractivity contribution in [3.63, 3.8) is 0 Å². The largest absolute Gasteiger partial charge is 0.507 e. The Kier molecular flexibility index (Phi) is 4.30. The summed E-state index contributed by atoms with van der Waals surface area (Å²) in [6, 6.07) is 8.64. The lowest BCUT2D eigenvalue weighted by Gasteiger charge is -2.05. The fourth-order valence-electron chi connectivity index (χ4n) is 1.56. The molecule has 0 saturated heterocycles. The molecule has 0 aromatic heterocycles. The van der Waals surface area contributed by atoms with E-state index in [2.05, 4.69) is 10.5 Å². The van der Waals surface area contributed by atoms with E-state index in [4.69, 9.17) is 11.6 Å². The van der Waals surface area contributed by atoms with Crippen LogP contribution in [0, 0.1) is 0 Å². The van der Waals surface area contributed by atoms with Gasteiger partial charge in [-0.25, -0.2) is 5.43 Å². The van der Waals surface area contributed by atoms with Gasteiger partial charge in [-0.3, -0.25) is 4.79 Å². The van der Waals surface area contributed by atoms with Gasteiger partial charge in [0.25, 0.3) is 5.91 Å². The van der Waals surface area contributed by atoms with Gasteiger partial charge in [-0.15, -0.1) is 0 Å². The van der Waals surface area contributed by atoms with Crippen LogP contribution in [0.25, 0.3) is 0 Å². The molecule has 0 heterocycles. The number of phenols is 3. The van der Waals surface area contributed by atoms with E-state index in [0.717, 1.165) is 12.1 Å². The third-order valence-electron chi connectivity index (χ3n) is 2.57. The second-order valence-electron chi connectivity index (χ2n) is 4.11. The summed E-state index contributed by atoms with van der Waals surface area (Å²) >= 11 is 5.80. The first kappa shape index (κ1) is 14.7. The lowest BCUT2D eigenvalue weighted by molar-refractivity contribution is 0.0952. The van der Waals surface area contributed by atoms with Gasteiger partial charge in [-0.1, -0.05) is 23.7 Å². The van der Waals surface area contributed by atoms with Crippen LogP contribution in [-0.2, 0) is 0 Å². The van der Waals surface area contributed by atoms with Crippen LogP contribution in [0.3, 0.4) is 0 Å². The van der Waals surface area contributed by atoms with Crippen LogP contribution < -0.4 is 5.43 Å². The van der Waals surface area contributed by atoms with E-state index >= 15 is 0 Å². The number of carbonyl (C=O) groups excluding carboxylic acids is 1. The number of phenolic OH excluding ortho intramolecular Hbond substituents is 3. The Morgan fingerprint density at radius 1 is 1.10 bits per heavy atom. The highest BCUT2D eigenvalue weighted by Crippen LogP contribution is 2.31. The van der Waals surface area contributed by atoms with Gasteiger partial charge >= 0.3 is 0 Å². The minimum absolute atomic E-state index is 0.214. The van der Waals surface area contributed by atoms with Gasteiger partial charge < -0.3 is 15.3 Å². The molecule has 4 N–H and O–H groups in total. The van der Waals surface area contributed by atoms with E-state index in [1.165, 1.54) is 6.21 Å². The molecule has 108 valence electrons. The molecule has 0 unspecified atom stereocenters. The number of amides is 1. The molecule has 0 spiro atoms. The molecule has 2 aromatic rings. The first-order valence-corrected chi connectivity index (χ1v) is 6.19. The van der Waals surface area contributed by atoms with Crippen molar-refractivity contribution in [3.8, 4) is 17.2 Å². The first-order chi connectivity index (χ1) is 9.97. The summed E-state index contributed by atoms with van der Waals surface area (Å²) in [5, 5.41) is 32.3. The van der Waals surface area contributed by atoms with Crippen LogP contribution in [0.15, 0.2) is 41.5 Å². The Balaban J connectivity index is 2.10. The maximum absolute atomic E-state index is 11.8. The lowest BCUT2D eigenvalue weighted by atomic mass is 10.1. The minimum Gasteiger partial charge on any atom is -0.507 e. The second-order valence-corrected chi connectivity index (χ2v) is 4.55. The predicted octanol–water partition coefficient (Wildman–Crippen LogP) is 2.22. The number of nitrogens with zero attached hydrogens (tertiary/aromatic N) is 1. The summed E-state index contributed by atoms with van der Waals surface area (Å²) < 4.78 is 0. The molecule has 2 aromatic carbocycles. The molecule has 0 aliphatic heterocycles. The topological polar surface area (TPSA) is 102 Å². The molecule has 2 rings (SSSR count). The number of carbonyl (C=O) groups is 1. The highest BCUT2D eigenvalue weighted by Gasteiger charge is 2.14. The van der Waals surface area contributed by atoms with E-state index in [0.29, 0.717) is 10.6 Å². The van der Waals surface area contributed by atoms with Crippen molar-refractivity contribution in [2.45, 2.75) is 0 Å². The number of hydrazone groups is 1. The molecule has 7 heteroatoms. The predicted molar refractivity (Wildman–Crippen MR) is 77.9 cm³/mol. The number of nitrogens with one attached hydrogen (secondary N) is 1. The van der Waals surface area contributed by atoms with E-state index in [1.54, 1.807) is 24.3 Å². The van der Waals surface area contributed by atoms with Crippen molar-refractivity contribution < 1.29 is 20.1 Å². The van der Waals surface area contributed by atoms with Crippen LogP contribution in [0.5, 0.6) is 17.2 Å². The number of hydrogen-bond acceptors (Lipinski definition) is 5. The summed E-state index contributed by atoms with van der Waals surface area (Å²) in [6.45, 7) is 0. The van der Waals surface area contributed by atoms with Crippen molar-refractivity contribution >= 4 is 23.7 Å². The van der Waals surface area contributed by atoms with Gasteiger partial charge in [0.15, 0.2) is 11.5 Å². The summed E-state index contributed by atoms with van der Waals surface area (Å²) in [4.78, 5) is 11.8. The number of aromatic hydroxyl groups is 3. The molecule has 0 fully saturated rings. The molecule has 0 aliphatic carbocycles. The smallest absolute Gasteiger partial charge is 0.275 e. The minimum atomic E-state index is -0.735. The van der Waals surface area contributed by atoms with Gasteiger partial charge in [0, 0.05) is 17.2 Å². The number of rotatable bonds is 3. The first-order valence-electron chi connectivity index (χ1n) is 5.81. The molecular formula is C14H11ClN2O4. The Labute approximate surface area is 124 Å². The number of halogens is 1. The summed E-state index contributed by atoms with van der Waals surface area (Å²) in [5.41, 5.74) is 2.66. The van der Waals surface area contributed by atoms with E-state index in [9.17, 15) is 20.1 Å². The maximum Gasteiger partial charge on any atom is 0.275 e. The van der Waals surface area contributed by atoms with Crippen LogP contribution in [0.1, 0.15) is 15.9 Å². The Bertz CT molecular complexity index is 716. The molecule has 0 saturated carbocycles. The van der Waals surface area contributed by atoms with Gasteiger partial charge in [0.1, 0.15) is 5.75 Å². The summed E-state index contributed by atoms with van der Waals surface area (Å²) in [6.07, 6.45) is 1.38. The molecular weight excluding hydrogens is 296 g/mol. The standard InChI is InChI=1S/C14H11ClN2O4/c15-9-3-1-2-8(4-9)7-16-17-14(21)10-5-12(19)13(20)6-11(10)18/h1-7,18-20H,(H,17,21)/b16-7+. The van der Waals surface area contributed by atoms with Gasteiger partial charge in [0.2, 0.25) is 0 Å². The Morgan fingerprint density at radius 2 is 1.81 bits per heavy atom. The quantitative estimate of drug-likeness (QED) is 0.302. The molecule has 0 bridgehead atoms. The second kappa shape index (κ2) is 6.15. The highest BCUT2D eigenvalue weighted by atomic mass is 35.5. The zero-order chi connectivity index (χ0) is 15.4. The summed E-state index contributed by atoms with van der Waals surface area (Å²) in [5.74, 6) is -2.25. The van der Waals surface area contributed by atoms with Crippen molar-refractivity contribution in [3.05, 3.63) is 52.5 Å². The van der Waals surface area contributed by atoms with Crippen LogP contribution in [0.4, 0.5) is 0 Å². The Hall–Kier alpha value is -2.73. The Morgan fingerprint density at radius 3 is 2.52 bits per heavy atom. The van der Waals surface area contributed by atoms with Crippen molar-refractivity contribution in [1.29, 1.82) is 0 Å². The average molecular weight is 307 g/mol. The van der Waals surface area contributed by atoms with E-state index in [1.807, 2.05) is 0 Å². The fourth-order valence-corrected chi connectivity index (χ4v) is 1.76. The molecule has 0 aliphatic rings. The third kappa shape index (κ3) is 3.64. The van der Waals surface area contributed by atoms with Gasteiger partial charge in [-0.2, -0.15) is 5.10 Å². The van der Waals surface area contributed by atoms with Crippen molar-refractivity contribution in [2.24, 2.45) is 5.10 Å². The van der Waals surface area contributed by atoms with E-state index < -0.39 is 23.2 Å². The van der Waals surface area contributed by atoms with Crippen LogP contribution in [-0.4, -0.2) is 27.4 Å². The molecule has 0 radical (unpaired) electrons. The number of benzene rings is 2. The van der Waals surface area contributed by atoms with Gasteiger partial charge in [-0.05, 0) is 17.7 Å². The van der Waals surface area contributed by atoms with Crippen LogP contribution in [0.2, 0.25) is 5.02 Å². The highest BCUT2D eigenvalue weighted by molar-refractivity contribution is 6.30. The van der Waals surface area contributed by atoms with Crippen LogP contribution >= 0.6 is 11.6 Å². The molecule has 0 atom stereocenters. The SMILES string of the molecule is O=C(N/N=C/c1cccc(Cl)c1)c1cc(O)c(O)cc1O.